The smallest absolute Gasteiger partial charge is 0.108 e. The lowest BCUT2D eigenvalue weighted by atomic mass is 9.85. The van der Waals surface area contributed by atoms with Crippen molar-refractivity contribution in [2.75, 3.05) is 0 Å². The molecule has 0 spiro atoms. The van der Waals surface area contributed by atoms with Gasteiger partial charge in [-0.2, -0.15) is 0 Å². The van der Waals surface area contributed by atoms with Gasteiger partial charge in [-0.1, -0.05) is 72.8 Å². The zero-order valence-corrected chi connectivity index (χ0v) is 10.7. The van der Waals surface area contributed by atoms with Gasteiger partial charge in [0.1, 0.15) is 5.76 Å². The van der Waals surface area contributed by atoms with Crippen LogP contribution in [-0.4, -0.2) is 5.11 Å². The van der Waals surface area contributed by atoms with Gasteiger partial charge >= 0.3 is 0 Å². The molecule has 1 heteroatoms. The minimum absolute atomic E-state index is 0.0707. The van der Waals surface area contributed by atoms with Crippen LogP contribution in [0.2, 0.25) is 0 Å². The second-order valence-corrected chi connectivity index (χ2v) is 4.77. The van der Waals surface area contributed by atoms with Crippen LogP contribution in [0.1, 0.15) is 23.5 Å². The first-order valence-corrected chi connectivity index (χ1v) is 6.56. The van der Waals surface area contributed by atoms with Gasteiger partial charge in [0.05, 0.1) is 0 Å². The number of hydrogen-bond donors (Lipinski definition) is 1. The van der Waals surface area contributed by atoms with Gasteiger partial charge in [0.25, 0.3) is 0 Å². The lowest BCUT2D eigenvalue weighted by molar-refractivity contribution is 0.369. The van der Waals surface area contributed by atoms with Gasteiger partial charge in [0.15, 0.2) is 0 Å². The number of aliphatic hydroxyl groups is 1. The maximum atomic E-state index is 10.6. The monoisotopic (exact) mass is 248 g/mol. The highest BCUT2D eigenvalue weighted by molar-refractivity contribution is 5.77. The zero-order chi connectivity index (χ0) is 13.1. The molecule has 1 aliphatic rings. The average Bonchev–Trinajstić information content (AvgIpc) is 2.49. The number of hydrogen-bond acceptors (Lipinski definition) is 1. The van der Waals surface area contributed by atoms with Crippen molar-refractivity contribution in [1.82, 2.24) is 0 Å². The fourth-order valence-corrected chi connectivity index (χ4v) is 2.55. The van der Waals surface area contributed by atoms with Gasteiger partial charge in [-0.15, -0.1) is 0 Å². The maximum absolute atomic E-state index is 10.6. The molecule has 3 rings (SSSR count). The molecule has 1 unspecified atom stereocenters. The number of allylic oxidation sites excluding steroid dienone is 4. The SMILES string of the molecule is OC1=C(c2ccccc2)C=CCC1c1ccccc1. The Labute approximate surface area is 113 Å². The zero-order valence-electron chi connectivity index (χ0n) is 10.7. The summed E-state index contributed by atoms with van der Waals surface area (Å²) in [5, 5.41) is 10.6. The molecule has 0 heterocycles. The molecule has 2 aromatic carbocycles. The van der Waals surface area contributed by atoms with Gasteiger partial charge in [0.2, 0.25) is 0 Å². The molecule has 1 aliphatic carbocycles. The van der Waals surface area contributed by atoms with E-state index in [1.807, 2.05) is 54.6 Å². The van der Waals surface area contributed by atoms with Crippen LogP contribution in [0, 0.1) is 0 Å². The molecule has 0 aliphatic heterocycles. The molecule has 1 N–H and O–H groups in total. The number of aliphatic hydroxyl groups excluding tert-OH is 1. The molecule has 94 valence electrons. The Morgan fingerprint density at radius 3 is 2.16 bits per heavy atom. The van der Waals surface area contributed by atoms with E-state index < -0.39 is 0 Å². The molecular weight excluding hydrogens is 232 g/mol. The Morgan fingerprint density at radius 1 is 0.842 bits per heavy atom. The van der Waals surface area contributed by atoms with E-state index in [2.05, 4.69) is 18.2 Å². The van der Waals surface area contributed by atoms with E-state index >= 15 is 0 Å². The van der Waals surface area contributed by atoms with Crippen LogP contribution in [0.25, 0.3) is 5.57 Å². The van der Waals surface area contributed by atoms with Crippen molar-refractivity contribution in [2.45, 2.75) is 12.3 Å². The molecule has 0 saturated carbocycles. The highest BCUT2D eigenvalue weighted by Gasteiger charge is 2.21. The molecule has 19 heavy (non-hydrogen) atoms. The maximum Gasteiger partial charge on any atom is 0.108 e. The van der Waals surface area contributed by atoms with E-state index in [0.29, 0.717) is 5.76 Å². The lowest BCUT2D eigenvalue weighted by Gasteiger charge is -2.21. The normalized spacial score (nSPS) is 18.6. The summed E-state index contributed by atoms with van der Waals surface area (Å²) in [4.78, 5) is 0. The molecule has 0 aromatic heterocycles. The van der Waals surface area contributed by atoms with Crippen LogP contribution >= 0.6 is 0 Å². The van der Waals surface area contributed by atoms with Crippen molar-refractivity contribution in [1.29, 1.82) is 0 Å². The molecule has 0 fully saturated rings. The van der Waals surface area contributed by atoms with Gasteiger partial charge in [-0.3, -0.25) is 0 Å². The third-order valence-electron chi connectivity index (χ3n) is 3.55. The van der Waals surface area contributed by atoms with Crippen LogP contribution in [0.3, 0.4) is 0 Å². The van der Waals surface area contributed by atoms with Crippen molar-refractivity contribution in [3.63, 3.8) is 0 Å². The Kier molecular flexibility index (Phi) is 3.20. The lowest BCUT2D eigenvalue weighted by Crippen LogP contribution is -2.07. The minimum Gasteiger partial charge on any atom is -0.511 e. The predicted octanol–water partition coefficient (Wildman–Crippen LogP) is 4.70. The average molecular weight is 248 g/mol. The van der Waals surface area contributed by atoms with E-state index in [9.17, 15) is 5.11 Å². The summed E-state index contributed by atoms with van der Waals surface area (Å²) in [6.45, 7) is 0. The summed E-state index contributed by atoms with van der Waals surface area (Å²) in [6, 6.07) is 20.2. The third-order valence-corrected chi connectivity index (χ3v) is 3.55. The van der Waals surface area contributed by atoms with Crippen LogP contribution in [0.5, 0.6) is 0 Å². The summed E-state index contributed by atoms with van der Waals surface area (Å²) < 4.78 is 0. The topological polar surface area (TPSA) is 20.2 Å². The van der Waals surface area contributed by atoms with E-state index in [0.717, 1.165) is 23.1 Å². The van der Waals surface area contributed by atoms with Gasteiger partial charge in [0, 0.05) is 11.5 Å². The van der Waals surface area contributed by atoms with Crippen molar-refractivity contribution < 1.29 is 5.11 Å². The Balaban J connectivity index is 2.03. The van der Waals surface area contributed by atoms with Crippen molar-refractivity contribution in [2.24, 2.45) is 0 Å². The first kappa shape index (κ1) is 11.8. The third kappa shape index (κ3) is 2.32. The van der Waals surface area contributed by atoms with Crippen LogP contribution < -0.4 is 0 Å². The Morgan fingerprint density at radius 2 is 1.47 bits per heavy atom. The molecular formula is C18H16O. The molecule has 0 amide bonds. The van der Waals surface area contributed by atoms with E-state index in [1.165, 1.54) is 0 Å². The first-order chi connectivity index (χ1) is 9.36. The fraction of sp³-hybridized carbons (Fsp3) is 0.111. The first-order valence-electron chi connectivity index (χ1n) is 6.56. The Hall–Kier alpha value is -2.28. The van der Waals surface area contributed by atoms with Crippen LogP contribution in [0.4, 0.5) is 0 Å². The van der Waals surface area contributed by atoms with E-state index in [4.69, 9.17) is 0 Å². The van der Waals surface area contributed by atoms with E-state index in [1.54, 1.807) is 0 Å². The molecule has 1 nitrogen and oxygen atoms in total. The summed E-state index contributed by atoms with van der Waals surface area (Å²) in [6.07, 6.45) is 5.01. The molecule has 0 saturated heterocycles. The summed E-state index contributed by atoms with van der Waals surface area (Å²) in [5.74, 6) is 0.543. The second-order valence-electron chi connectivity index (χ2n) is 4.77. The Bertz CT molecular complexity index is 609. The van der Waals surface area contributed by atoms with E-state index in [-0.39, 0.29) is 5.92 Å². The number of benzene rings is 2. The molecule has 0 radical (unpaired) electrons. The van der Waals surface area contributed by atoms with Crippen molar-refractivity contribution in [3.05, 3.63) is 89.7 Å². The minimum atomic E-state index is 0.0707. The summed E-state index contributed by atoms with van der Waals surface area (Å²) in [7, 11) is 0. The number of rotatable bonds is 2. The fourth-order valence-electron chi connectivity index (χ4n) is 2.55. The highest BCUT2D eigenvalue weighted by atomic mass is 16.3. The van der Waals surface area contributed by atoms with Crippen LogP contribution in [-0.2, 0) is 0 Å². The quantitative estimate of drug-likeness (QED) is 0.816. The molecule has 2 aromatic rings. The highest BCUT2D eigenvalue weighted by Crippen LogP contribution is 2.36. The largest absolute Gasteiger partial charge is 0.511 e. The van der Waals surface area contributed by atoms with Gasteiger partial charge in [-0.25, -0.2) is 0 Å². The standard InChI is InChI=1S/C18H16O/c19-18-16(14-8-3-1-4-9-14)12-7-13-17(18)15-10-5-2-6-11-15/h1-12,17,19H,13H2. The van der Waals surface area contributed by atoms with Gasteiger partial charge in [-0.05, 0) is 17.5 Å². The van der Waals surface area contributed by atoms with Crippen molar-refractivity contribution >= 4 is 5.57 Å². The summed E-state index contributed by atoms with van der Waals surface area (Å²) in [5.41, 5.74) is 3.16. The van der Waals surface area contributed by atoms with Crippen molar-refractivity contribution in [3.8, 4) is 0 Å². The second kappa shape index (κ2) is 5.15. The molecule has 0 bridgehead atoms. The van der Waals surface area contributed by atoms with Gasteiger partial charge < -0.3 is 5.11 Å². The summed E-state index contributed by atoms with van der Waals surface area (Å²) >= 11 is 0. The molecule has 1 atom stereocenters. The van der Waals surface area contributed by atoms with Crippen LogP contribution in [0.15, 0.2) is 78.6 Å². The predicted molar refractivity (Wildman–Crippen MR) is 78.9 cm³/mol.